The molecule has 0 aliphatic heterocycles. The first-order valence-electron chi connectivity index (χ1n) is 7.08. The van der Waals surface area contributed by atoms with Crippen LogP contribution in [-0.4, -0.2) is 22.4 Å². The van der Waals surface area contributed by atoms with Crippen molar-refractivity contribution in [2.75, 3.05) is 6.54 Å². The Morgan fingerprint density at radius 3 is 2.83 bits per heavy atom. The summed E-state index contributed by atoms with van der Waals surface area (Å²) in [6.07, 6.45) is 7.17. The molecule has 4 heteroatoms. The van der Waals surface area contributed by atoms with E-state index in [-0.39, 0.29) is 0 Å². The van der Waals surface area contributed by atoms with E-state index in [4.69, 9.17) is 5.73 Å². The van der Waals surface area contributed by atoms with Gasteiger partial charge in [0.1, 0.15) is 0 Å². The first kappa shape index (κ1) is 13.6. The lowest BCUT2D eigenvalue weighted by molar-refractivity contribution is 0.252. The fraction of sp³-hybridized carbons (Fsp3) is 0.786. The van der Waals surface area contributed by atoms with Gasteiger partial charge in [-0.3, -0.25) is 4.68 Å². The maximum absolute atomic E-state index is 5.89. The molecular formula is C14H26N4. The normalized spacial score (nSPS) is 26.2. The third-order valence-corrected chi connectivity index (χ3v) is 4.42. The number of aryl methyl sites for hydroxylation is 1. The van der Waals surface area contributed by atoms with Crippen molar-refractivity contribution < 1.29 is 0 Å². The van der Waals surface area contributed by atoms with Gasteiger partial charge >= 0.3 is 0 Å². The fourth-order valence-corrected chi connectivity index (χ4v) is 3.06. The average Bonchev–Trinajstić information content (AvgIpc) is 2.71. The van der Waals surface area contributed by atoms with Crippen molar-refractivity contribution in [2.24, 2.45) is 18.7 Å². The molecule has 4 nitrogen and oxygen atoms in total. The number of aromatic nitrogens is 2. The molecule has 0 amide bonds. The summed E-state index contributed by atoms with van der Waals surface area (Å²) in [6.45, 7) is 5.16. The van der Waals surface area contributed by atoms with Gasteiger partial charge in [-0.1, -0.05) is 12.8 Å². The molecule has 18 heavy (non-hydrogen) atoms. The monoisotopic (exact) mass is 250 g/mol. The van der Waals surface area contributed by atoms with E-state index in [9.17, 15) is 0 Å². The molecule has 3 unspecified atom stereocenters. The molecular weight excluding hydrogens is 224 g/mol. The molecule has 0 radical (unpaired) electrons. The number of rotatable bonds is 4. The maximum atomic E-state index is 5.89. The van der Waals surface area contributed by atoms with Gasteiger partial charge in [-0.25, -0.2) is 0 Å². The lowest BCUT2D eigenvalue weighted by Crippen LogP contribution is -2.43. The molecule has 102 valence electrons. The van der Waals surface area contributed by atoms with Crippen LogP contribution in [0.25, 0.3) is 0 Å². The number of nitrogens with two attached hydrogens (primary N) is 1. The smallest absolute Gasteiger partial charge is 0.0540 e. The summed E-state index contributed by atoms with van der Waals surface area (Å²) in [5.74, 6) is 0.637. The van der Waals surface area contributed by atoms with Crippen LogP contribution in [-0.2, 0) is 7.05 Å². The highest BCUT2D eigenvalue weighted by Gasteiger charge is 2.26. The molecule has 1 fully saturated rings. The Hall–Kier alpha value is -0.870. The van der Waals surface area contributed by atoms with Crippen LogP contribution in [0.15, 0.2) is 6.20 Å². The average molecular weight is 250 g/mol. The lowest BCUT2D eigenvalue weighted by atomic mass is 9.84. The van der Waals surface area contributed by atoms with E-state index in [2.05, 4.69) is 24.3 Å². The third kappa shape index (κ3) is 2.75. The van der Waals surface area contributed by atoms with Crippen molar-refractivity contribution in [3.8, 4) is 0 Å². The van der Waals surface area contributed by atoms with E-state index >= 15 is 0 Å². The van der Waals surface area contributed by atoms with Crippen molar-refractivity contribution in [2.45, 2.75) is 51.6 Å². The summed E-state index contributed by atoms with van der Waals surface area (Å²) >= 11 is 0. The quantitative estimate of drug-likeness (QED) is 0.858. The predicted molar refractivity (Wildman–Crippen MR) is 74.3 cm³/mol. The molecule has 1 aromatic rings. The van der Waals surface area contributed by atoms with Gasteiger partial charge in [-0.15, -0.1) is 0 Å². The van der Waals surface area contributed by atoms with Crippen LogP contribution < -0.4 is 11.1 Å². The van der Waals surface area contributed by atoms with Gasteiger partial charge in [0, 0.05) is 30.4 Å². The first-order chi connectivity index (χ1) is 8.63. The van der Waals surface area contributed by atoms with Crippen LogP contribution in [0.2, 0.25) is 0 Å². The second kappa shape index (κ2) is 5.85. The van der Waals surface area contributed by atoms with E-state index in [1.807, 2.05) is 17.9 Å². The number of hydrogen-bond donors (Lipinski definition) is 2. The van der Waals surface area contributed by atoms with Gasteiger partial charge in [0.2, 0.25) is 0 Å². The summed E-state index contributed by atoms with van der Waals surface area (Å²) in [5.41, 5.74) is 8.44. The summed E-state index contributed by atoms with van der Waals surface area (Å²) in [6, 6.07) is 0.925. The number of nitrogens with zero attached hydrogens (tertiary/aromatic N) is 2. The Bertz CT molecular complexity index is 385. The zero-order chi connectivity index (χ0) is 13.1. The summed E-state index contributed by atoms with van der Waals surface area (Å²) in [4.78, 5) is 0. The van der Waals surface area contributed by atoms with E-state index in [1.54, 1.807) is 0 Å². The van der Waals surface area contributed by atoms with Crippen LogP contribution in [0.4, 0.5) is 0 Å². The zero-order valence-corrected chi connectivity index (χ0v) is 11.8. The van der Waals surface area contributed by atoms with Crippen LogP contribution >= 0.6 is 0 Å². The van der Waals surface area contributed by atoms with Gasteiger partial charge in [0.15, 0.2) is 0 Å². The molecule has 1 saturated carbocycles. The molecule has 3 atom stereocenters. The van der Waals surface area contributed by atoms with E-state index in [0.29, 0.717) is 18.0 Å². The molecule has 0 bridgehead atoms. The van der Waals surface area contributed by atoms with Gasteiger partial charge < -0.3 is 11.1 Å². The first-order valence-corrected chi connectivity index (χ1v) is 7.08. The Kier molecular flexibility index (Phi) is 4.40. The van der Waals surface area contributed by atoms with Crippen LogP contribution in [0, 0.1) is 12.8 Å². The number of nitrogens with one attached hydrogen (secondary N) is 1. The molecule has 0 saturated heterocycles. The van der Waals surface area contributed by atoms with Crippen LogP contribution in [0.1, 0.15) is 49.9 Å². The topological polar surface area (TPSA) is 55.9 Å². The van der Waals surface area contributed by atoms with Crippen molar-refractivity contribution >= 4 is 0 Å². The van der Waals surface area contributed by atoms with Gasteiger partial charge in [0.05, 0.1) is 6.20 Å². The second-order valence-corrected chi connectivity index (χ2v) is 5.58. The molecule has 1 heterocycles. The van der Waals surface area contributed by atoms with E-state index in [0.717, 1.165) is 6.54 Å². The highest BCUT2D eigenvalue weighted by molar-refractivity contribution is 5.20. The van der Waals surface area contributed by atoms with Crippen molar-refractivity contribution in [3.63, 3.8) is 0 Å². The second-order valence-electron chi connectivity index (χ2n) is 5.58. The van der Waals surface area contributed by atoms with Gasteiger partial charge in [-0.2, -0.15) is 5.10 Å². The highest BCUT2D eigenvalue weighted by Crippen LogP contribution is 2.26. The Balaban J connectivity index is 2.01. The lowest BCUT2D eigenvalue weighted by Gasteiger charge is -2.33. The number of hydrogen-bond acceptors (Lipinski definition) is 3. The molecule has 0 spiro atoms. The minimum atomic E-state index is 0.357. The SMILES string of the molecule is Cc1c(C(C)NC2CCCCC2CN)cnn1C. The maximum Gasteiger partial charge on any atom is 0.0540 e. The summed E-state index contributed by atoms with van der Waals surface area (Å²) in [7, 11) is 1.99. The third-order valence-electron chi connectivity index (χ3n) is 4.42. The van der Waals surface area contributed by atoms with E-state index < -0.39 is 0 Å². The fourth-order valence-electron chi connectivity index (χ4n) is 3.06. The minimum absolute atomic E-state index is 0.357. The van der Waals surface area contributed by atoms with Gasteiger partial charge in [-0.05, 0) is 39.2 Å². The molecule has 3 N–H and O–H groups in total. The molecule has 1 aliphatic rings. The highest BCUT2D eigenvalue weighted by atomic mass is 15.3. The van der Waals surface area contributed by atoms with Crippen molar-refractivity contribution in [3.05, 3.63) is 17.5 Å². The Morgan fingerprint density at radius 1 is 1.50 bits per heavy atom. The molecule has 2 rings (SSSR count). The Labute approximate surface area is 110 Å². The molecule has 0 aromatic carbocycles. The van der Waals surface area contributed by atoms with Crippen molar-refractivity contribution in [1.82, 2.24) is 15.1 Å². The zero-order valence-electron chi connectivity index (χ0n) is 11.8. The predicted octanol–water partition coefficient (Wildman–Crippen LogP) is 1.90. The molecule has 1 aromatic heterocycles. The largest absolute Gasteiger partial charge is 0.330 e. The standard InChI is InChI=1S/C14H26N4/c1-10(13-9-16-18(3)11(13)2)17-14-7-5-4-6-12(14)8-15/h9-10,12,14,17H,4-8,15H2,1-3H3. The van der Waals surface area contributed by atoms with Crippen molar-refractivity contribution in [1.29, 1.82) is 0 Å². The van der Waals surface area contributed by atoms with Gasteiger partial charge in [0.25, 0.3) is 0 Å². The Morgan fingerprint density at radius 2 is 2.22 bits per heavy atom. The minimum Gasteiger partial charge on any atom is -0.330 e. The summed E-state index contributed by atoms with van der Waals surface area (Å²) < 4.78 is 1.94. The van der Waals surface area contributed by atoms with E-state index in [1.165, 1.54) is 36.9 Å². The molecule has 1 aliphatic carbocycles. The van der Waals surface area contributed by atoms with Crippen LogP contribution in [0.3, 0.4) is 0 Å². The van der Waals surface area contributed by atoms with Crippen LogP contribution in [0.5, 0.6) is 0 Å². The summed E-state index contributed by atoms with van der Waals surface area (Å²) in [5, 5.41) is 8.08.